The molecule has 0 amide bonds. The Bertz CT molecular complexity index is 1410. The molecule has 4 N–H and O–H groups in total. The van der Waals surface area contributed by atoms with E-state index in [4.69, 9.17) is 19.4 Å². The van der Waals surface area contributed by atoms with E-state index in [0.29, 0.717) is 9.98 Å². The molecule has 14 heteroatoms. The first-order valence-corrected chi connectivity index (χ1v) is 10.8. The van der Waals surface area contributed by atoms with Gasteiger partial charge in [0, 0.05) is 6.07 Å². The Morgan fingerprint density at radius 3 is 2.64 bits per heavy atom. The summed E-state index contributed by atoms with van der Waals surface area (Å²) in [6, 6.07) is 10.3. The van der Waals surface area contributed by atoms with E-state index in [9.17, 15) is 33.2 Å². The Morgan fingerprint density at radius 2 is 2.03 bits per heavy atom. The third kappa shape index (κ3) is 3.72. The van der Waals surface area contributed by atoms with Gasteiger partial charge in [0.05, 0.1) is 16.7 Å². The van der Waals surface area contributed by atoms with E-state index in [1.165, 1.54) is 12.1 Å². The summed E-state index contributed by atoms with van der Waals surface area (Å²) in [5, 5.41) is 20.9. The predicted molar refractivity (Wildman–Crippen MR) is 108 cm³/mol. The summed E-state index contributed by atoms with van der Waals surface area (Å²) in [5.74, 6) is -0.783. The maximum atomic E-state index is 12.4. The second-order valence-electron chi connectivity index (χ2n) is 7.17. The molecule has 2 aliphatic rings. The number of nitrogens with zero attached hydrogens (tertiary/aromatic N) is 2. The van der Waals surface area contributed by atoms with Crippen molar-refractivity contribution in [2.24, 2.45) is 5.73 Å². The number of esters is 1. The molecule has 13 nitrogen and oxygen atoms in total. The van der Waals surface area contributed by atoms with E-state index >= 15 is 0 Å². The summed E-state index contributed by atoms with van der Waals surface area (Å²) < 4.78 is 40.8. The fourth-order valence-electron chi connectivity index (χ4n) is 3.74. The number of aromatic nitrogens is 2. The first-order valence-electron chi connectivity index (χ1n) is 9.34. The van der Waals surface area contributed by atoms with E-state index in [-0.39, 0.29) is 5.56 Å². The van der Waals surface area contributed by atoms with Crippen LogP contribution in [0.3, 0.4) is 0 Å². The van der Waals surface area contributed by atoms with Crippen molar-refractivity contribution >= 4 is 16.1 Å². The van der Waals surface area contributed by atoms with Crippen LogP contribution in [0, 0.1) is 11.3 Å². The van der Waals surface area contributed by atoms with Crippen molar-refractivity contribution in [1.82, 2.24) is 9.55 Å². The number of benzene rings is 1. The highest BCUT2D eigenvalue weighted by Crippen LogP contribution is 2.47. The van der Waals surface area contributed by atoms with Crippen molar-refractivity contribution in [3.63, 3.8) is 0 Å². The highest BCUT2D eigenvalue weighted by molar-refractivity contribution is 7.90. The van der Waals surface area contributed by atoms with Crippen LogP contribution in [0.1, 0.15) is 22.3 Å². The second kappa shape index (κ2) is 7.98. The molecule has 4 rings (SSSR count). The maximum Gasteiger partial charge on any atom is 0.338 e. The third-order valence-corrected chi connectivity index (χ3v) is 6.24. The number of aliphatic hydroxyl groups excluding tert-OH is 1. The highest BCUT2D eigenvalue weighted by atomic mass is 32.2. The van der Waals surface area contributed by atoms with E-state index in [2.05, 4.69) is 0 Å². The van der Waals surface area contributed by atoms with Crippen LogP contribution in [0.4, 0.5) is 0 Å². The molecule has 1 aromatic heterocycles. The van der Waals surface area contributed by atoms with Gasteiger partial charge in [0.2, 0.25) is 0 Å². The lowest BCUT2D eigenvalue weighted by Gasteiger charge is -2.30. The zero-order valence-electron chi connectivity index (χ0n) is 16.6. The van der Waals surface area contributed by atoms with Crippen LogP contribution >= 0.6 is 0 Å². The lowest BCUT2D eigenvalue weighted by atomic mass is 9.89. The second-order valence-corrected chi connectivity index (χ2v) is 8.56. The van der Waals surface area contributed by atoms with Gasteiger partial charge >= 0.3 is 11.7 Å². The summed E-state index contributed by atoms with van der Waals surface area (Å²) in [6.45, 7) is -0.634. The molecular formula is C19H16N4O9S. The van der Waals surface area contributed by atoms with Crippen LogP contribution in [0.2, 0.25) is 0 Å². The van der Waals surface area contributed by atoms with Gasteiger partial charge in [0.1, 0.15) is 30.6 Å². The lowest BCUT2D eigenvalue weighted by molar-refractivity contribution is -0.0650. The smallest absolute Gasteiger partial charge is 0.338 e. The Balaban J connectivity index is 1.74. The summed E-state index contributed by atoms with van der Waals surface area (Å²) in [5.41, 5.74) is 0.893. The molecule has 33 heavy (non-hydrogen) atoms. The van der Waals surface area contributed by atoms with Crippen molar-refractivity contribution in [2.75, 3.05) is 6.61 Å². The van der Waals surface area contributed by atoms with E-state index in [0.717, 1.165) is 6.07 Å². The molecular weight excluding hydrogens is 460 g/mol. The van der Waals surface area contributed by atoms with Crippen LogP contribution in [0.5, 0.6) is 0 Å². The maximum absolute atomic E-state index is 12.4. The molecule has 0 saturated carbocycles. The summed E-state index contributed by atoms with van der Waals surface area (Å²) in [4.78, 5) is 38.2. The largest absolute Gasteiger partial charge is 0.459 e. The number of aliphatic hydroxyl groups is 1. The minimum Gasteiger partial charge on any atom is -0.459 e. The molecule has 0 aliphatic carbocycles. The average molecular weight is 476 g/mol. The first-order chi connectivity index (χ1) is 15.6. The van der Waals surface area contributed by atoms with Crippen LogP contribution in [-0.4, -0.2) is 53.5 Å². The standard InChI is InChI=1S/C19H16N4O9S/c20-7-11-6-14(24)22-18(27)23(11)16-15(25)19(12(21)9-33(28,29)32-19)13(31-16)8-30-17(26)10-4-2-1-3-5-10/h1-6,9,13,15-16,25H,8,21H2,(H,22,24,27)/t13-,15+,16-,19-/m1/s1. The van der Waals surface area contributed by atoms with Gasteiger partial charge < -0.3 is 20.3 Å². The van der Waals surface area contributed by atoms with Crippen molar-refractivity contribution in [3.05, 3.63) is 79.6 Å². The number of aromatic amines is 1. The molecule has 1 saturated heterocycles. The van der Waals surface area contributed by atoms with Crippen LogP contribution in [0.15, 0.2) is 57.1 Å². The Morgan fingerprint density at radius 1 is 1.33 bits per heavy atom. The molecule has 172 valence electrons. The zero-order chi connectivity index (χ0) is 24.0. The topological polar surface area (TPSA) is 204 Å². The van der Waals surface area contributed by atoms with Gasteiger partial charge in [-0.1, -0.05) is 18.2 Å². The predicted octanol–water partition coefficient (Wildman–Crippen LogP) is -1.58. The Kier molecular flexibility index (Phi) is 5.42. The van der Waals surface area contributed by atoms with Crippen molar-refractivity contribution in [3.8, 4) is 6.07 Å². The number of nitriles is 1. The molecule has 0 unspecified atom stereocenters. The molecule has 1 aromatic carbocycles. The quantitative estimate of drug-likeness (QED) is 0.339. The van der Waals surface area contributed by atoms with Gasteiger partial charge in [-0.15, -0.1) is 0 Å². The summed E-state index contributed by atoms with van der Waals surface area (Å²) in [6.07, 6.45) is -5.18. The normalized spacial score (nSPS) is 27.8. The van der Waals surface area contributed by atoms with Gasteiger partial charge in [0.25, 0.3) is 15.7 Å². The summed E-state index contributed by atoms with van der Waals surface area (Å²) >= 11 is 0. The minimum absolute atomic E-state index is 0.189. The molecule has 2 aliphatic heterocycles. The van der Waals surface area contributed by atoms with Crippen molar-refractivity contribution in [2.45, 2.75) is 24.0 Å². The Hall–Kier alpha value is -3.77. The molecule has 1 spiro atoms. The van der Waals surface area contributed by atoms with Crippen molar-refractivity contribution < 1.29 is 32.0 Å². The fraction of sp³-hybridized carbons (Fsp3) is 0.263. The monoisotopic (exact) mass is 476 g/mol. The SMILES string of the molecule is N#Cc1cc(=O)[nH]c(=O)n1[C@@H]1O[C@H](COC(=O)c2ccccc2)[C@@]2(OS(=O)(=O)C=C2N)[C@H]1O. The number of rotatable bonds is 4. The van der Waals surface area contributed by atoms with Gasteiger partial charge in [-0.3, -0.25) is 14.3 Å². The third-order valence-electron chi connectivity index (χ3n) is 5.19. The molecule has 2 aromatic rings. The van der Waals surface area contributed by atoms with Gasteiger partial charge in [-0.2, -0.15) is 13.7 Å². The van der Waals surface area contributed by atoms with Crippen LogP contribution in [0.25, 0.3) is 0 Å². The minimum atomic E-state index is -4.36. The van der Waals surface area contributed by atoms with Gasteiger partial charge in [-0.25, -0.2) is 13.8 Å². The number of H-pyrrole nitrogens is 1. The van der Waals surface area contributed by atoms with Crippen LogP contribution < -0.4 is 17.0 Å². The van der Waals surface area contributed by atoms with Gasteiger partial charge in [0.15, 0.2) is 11.8 Å². The first kappa shape index (κ1) is 22.4. The number of ether oxygens (including phenoxy) is 2. The van der Waals surface area contributed by atoms with E-state index in [1.807, 2.05) is 4.98 Å². The fourth-order valence-corrected chi connectivity index (χ4v) is 4.97. The number of carbonyl (C=O) groups excluding carboxylic acids is 1. The molecule has 3 heterocycles. The molecule has 0 radical (unpaired) electrons. The summed E-state index contributed by atoms with van der Waals surface area (Å²) in [7, 11) is -4.36. The molecule has 1 fully saturated rings. The van der Waals surface area contributed by atoms with Crippen LogP contribution in [-0.2, 0) is 23.8 Å². The van der Waals surface area contributed by atoms with Crippen molar-refractivity contribution in [1.29, 1.82) is 5.26 Å². The van der Waals surface area contributed by atoms with E-state index < -0.39 is 69.4 Å². The lowest BCUT2D eigenvalue weighted by Crippen LogP contribution is -2.54. The molecule has 4 atom stereocenters. The average Bonchev–Trinajstić information content (AvgIpc) is 3.18. The number of hydrogen-bond acceptors (Lipinski definition) is 11. The zero-order valence-corrected chi connectivity index (χ0v) is 17.4. The van der Waals surface area contributed by atoms with E-state index in [1.54, 1.807) is 24.3 Å². The van der Waals surface area contributed by atoms with Gasteiger partial charge in [-0.05, 0) is 12.1 Å². The highest BCUT2D eigenvalue weighted by Gasteiger charge is 2.65. The number of nitrogens with two attached hydrogens (primary N) is 1. The molecule has 0 bridgehead atoms. The number of hydrogen-bond donors (Lipinski definition) is 3. The number of carbonyl (C=O) groups is 1. The Labute approximate surface area is 185 Å². The number of nitrogens with one attached hydrogen (secondary N) is 1.